The Kier molecular flexibility index (Phi) is 3.82. The van der Waals surface area contributed by atoms with Gasteiger partial charge in [-0.3, -0.25) is 4.98 Å². The number of aromatic nitrogens is 1. The van der Waals surface area contributed by atoms with Crippen LogP contribution in [0.15, 0.2) is 42.7 Å². The summed E-state index contributed by atoms with van der Waals surface area (Å²) in [6.07, 6.45) is 3.63. The average molecular weight is 324 g/mol. The van der Waals surface area contributed by atoms with Crippen molar-refractivity contribution in [2.24, 2.45) is 0 Å². The van der Waals surface area contributed by atoms with Gasteiger partial charge in [0, 0.05) is 23.6 Å². The van der Waals surface area contributed by atoms with Crippen LogP contribution in [0.4, 0.5) is 5.69 Å². The van der Waals surface area contributed by atoms with Gasteiger partial charge in [-0.15, -0.1) is 0 Å². The van der Waals surface area contributed by atoms with E-state index in [1.807, 2.05) is 12.3 Å². The van der Waals surface area contributed by atoms with Gasteiger partial charge in [0.15, 0.2) is 0 Å². The van der Waals surface area contributed by atoms with Crippen LogP contribution < -0.4 is 5.32 Å². The van der Waals surface area contributed by atoms with E-state index in [0.717, 1.165) is 11.3 Å². The van der Waals surface area contributed by atoms with Crippen molar-refractivity contribution in [3.05, 3.63) is 59.4 Å². The maximum Gasteiger partial charge on any atom is 0.113 e. The minimum absolute atomic E-state index is 0.0364. The maximum atomic E-state index is 6.14. The van der Waals surface area contributed by atoms with Gasteiger partial charge in [0.2, 0.25) is 0 Å². The Morgan fingerprint density at radius 3 is 2.71 bits per heavy atom. The molecule has 4 heteroatoms. The Hall–Kier alpha value is -1.91. The van der Waals surface area contributed by atoms with Crippen LogP contribution >= 0.6 is 0 Å². The Bertz CT molecular complexity index is 724. The van der Waals surface area contributed by atoms with Gasteiger partial charge in [-0.1, -0.05) is 39.0 Å². The molecule has 3 heterocycles. The van der Waals surface area contributed by atoms with Gasteiger partial charge in [-0.25, -0.2) is 0 Å². The molecule has 1 aromatic heterocycles. The molecule has 2 aliphatic rings. The minimum atomic E-state index is -0.0393. The van der Waals surface area contributed by atoms with Gasteiger partial charge in [-0.05, 0) is 28.7 Å². The number of rotatable bonds is 1. The lowest BCUT2D eigenvalue weighted by Gasteiger charge is -2.43. The lowest BCUT2D eigenvalue weighted by atomic mass is 9.82. The van der Waals surface area contributed by atoms with Crippen LogP contribution in [0.2, 0.25) is 0 Å². The van der Waals surface area contributed by atoms with Crippen molar-refractivity contribution in [3.8, 4) is 0 Å². The standard InChI is InChI=1S/C20H24N2O2/c1-20(2,3)14-6-7-16-15(11-14)18-19(24-10-9-23-18)17(22-16)13-5-4-8-21-12-13/h4-8,11-12,17-19,22H,9-10H2,1-3H3/t17-,18+,19-/m0/s1. The van der Waals surface area contributed by atoms with Gasteiger partial charge in [0.1, 0.15) is 12.2 Å². The summed E-state index contributed by atoms with van der Waals surface area (Å²) < 4.78 is 12.3. The van der Waals surface area contributed by atoms with Gasteiger partial charge in [-0.2, -0.15) is 0 Å². The maximum absolute atomic E-state index is 6.14. The normalized spacial score (nSPS) is 26.2. The highest BCUT2D eigenvalue weighted by Crippen LogP contribution is 2.45. The largest absolute Gasteiger partial charge is 0.375 e. The first-order valence-corrected chi connectivity index (χ1v) is 8.58. The lowest BCUT2D eigenvalue weighted by Crippen LogP contribution is -2.43. The van der Waals surface area contributed by atoms with E-state index < -0.39 is 0 Å². The molecule has 0 bridgehead atoms. The van der Waals surface area contributed by atoms with E-state index in [9.17, 15) is 0 Å². The Labute approximate surface area is 143 Å². The number of fused-ring (bicyclic) bond motifs is 3. The fourth-order valence-electron chi connectivity index (χ4n) is 3.56. The number of ether oxygens (including phenoxy) is 2. The minimum Gasteiger partial charge on any atom is -0.375 e. The van der Waals surface area contributed by atoms with Crippen molar-refractivity contribution < 1.29 is 9.47 Å². The SMILES string of the molecule is CC(C)(C)c1ccc2c(c1)[C@H]1OCCO[C@H]1[C@H](c1cccnc1)N2. The first-order valence-electron chi connectivity index (χ1n) is 8.58. The second-order valence-electron chi connectivity index (χ2n) is 7.59. The number of benzene rings is 1. The van der Waals surface area contributed by atoms with Crippen LogP contribution in [0.3, 0.4) is 0 Å². The summed E-state index contributed by atoms with van der Waals surface area (Å²) in [5, 5.41) is 3.65. The van der Waals surface area contributed by atoms with E-state index in [2.05, 4.69) is 55.3 Å². The summed E-state index contributed by atoms with van der Waals surface area (Å²) in [4.78, 5) is 4.26. The second kappa shape index (κ2) is 5.87. The van der Waals surface area contributed by atoms with Crippen LogP contribution in [0, 0.1) is 0 Å². The molecule has 4 nitrogen and oxygen atoms in total. The van der Waals surface area contributed by atoms with Crippen LogP contribution in [0.1, 0.15) is 49.6 Å². The number of nitrogens with zero attached hydrogens (tertiary/aromatic N) is 1. The molecule has 2 aliphatic heterocycles. The predicted octanol–water partition coefficient (Wildman–Crippen LogP) is 4.00. The fraction of sp³-hybridized carbons (Fsp3) is 0.450. The van der Waals surface area contributed by atoms with Gasteiger partial charge in [0.05, 0.1) is 19.3 Å². The molecule has 1 aromatic carbocycles. The topological polar surface area (TPSA) is 43.4 Å². The fourth-order valence-corrected chi connectivity index (χ4v) is 3.56. The third-order valence-electron chi connectivity index (χ3n) is 4.90. The molecule has 2 aromatic rings. The summed E-state index contributed by atoms with van der Waals surface area (Å²) in [7, 11) is 0. The molecule has 1 N–H and O–H groups in total. The van der Waals surface area contributed by atoms with Crippen molar-refractivity contribution in [1.82, 2.24) is 4.98 Å². The van der Waals surface area contributed by atoms with E-state index in [-0.39, 0.29) is 23.7 Å². The number of anilines is 1. The van der Waals surface area contributed by atoms with Crippen molar-refractivity contribution in [2.45, 2.75) is 44.4 Å². The summed E-state index contributed by atoms with van der Waals surface area (Å²) in [5.74, 6) is 0. The Morgan fingerprint density at radius 1 is 1.12 bits per heavy atom. The second-order valence-corrected chi connectivity index (χ2v) is 7.59. The summed E-state index contributed by atoms with van der Waals surface area (Å²) in [6.45, 7) is 7.98. The Balaban J connectivity index is 1.77. The Morgan fingerprint density at radius 2 is 1.96 bits per heavy atom. The molecule has 3 atom stereocenters. The molecule has 24 heavy (non-hydrogen) atoms. The number of pyridine rings is 1. The van der Waals surface area contributed by atoms with Crippen molar-refractivity contribution in [3.63, 3.8) is 0 Å². The molecule has 1 fully saturated rings. The highest BCUT2D eigenvalue weighted by molar-refractivity contribution is 5.59. The highest BCUT2D eigenvalue weighted by atomic mass is 16.6. The van der Waals surface area contributed by atoms with E-state index in [1.54, 1.807) is 6.20 Å². The van der Waals surface area contributed by atoms with Crippen LogP contribution in [0.5, 0.6) is 0 Å². The summed E-state index contributed by atoms with van der Waals surface area (Å²) in [5.41, 5.74) is 4.88. The molecule has 0 aliphatic carbocycles. The number of hydrogen-bond acceptors (Lipinski definition) is 4. The highest BCUT2D eigenvalue weighted by Gasteiger charge is 2.41. The molecule has 4 rings (SSSR count). The number of nitrogens with one attached hydrogen (secondary N) is 1. The summed E-state index contributed by atoms with van der Waals surface area (Å²) in [6, 6.07) is 10.8. The van der Waals surface area contributed by atoms with Crippen molar-refractivity contribution >= 4 is 5.69 Å². The monoisotopic (exact) mass is 324 g/mol. The molecule has 0 unspecified atom stereocenters. The van der Waals surface area contributed by atoms with E-state index in [1.165, 1.54) is 11.1 Å². The zero-order valence-electron chi connectivity index (χ0n) is 14.5. The van der Waals surface area contributed by atoms with Gasteiger partial charge >= 0.3 is 0 Å². The zero-order valence-corrected chi connectivity index (χ0v) is 14.5. The zero-order chi connectivity index (χ0) is 16.7. The molecular formula is C20H24N2O2. The lowest BCUT2D eigenvalue weighted by molar-refractivity contribution is -0.151. The molecule has 0 amide bonds. The summed E-state index contributed by atoms with van der Waals surface area (Å²) >= 11 is 0. The van der Waals surface area contributed by atoms with Crippen LogP contribution in [-0.4, -0.2) is 24.3 Å². The van der Waals surface area contributed by atoms with Gasteiger partial charge in [0.25, 0.3) is 0 Å². The average Bonchev–Trinajstić information content (AvgIpc) is 2.60. The van der Waals surface area contributed by atoms with E-state index in [4.69, 9.17) is 9.47 Å². The van der Waals surface area contributed by atoms with Crippen LogP contribution in [0.25, 0.3) is 0 Å². The first kappa shape index (κ1) is 15.6. The smallest absolute Gasteiger partial charge is 0.113 e. The molecule has 0 spiro atoms. The van der Waals surface area contributed by atoms with Gasteiger partial charge < -0.3 is 14.8 Å². The quantitative estimate of drug-likeness (QED) is 0.861. The number of hydrogen-bond donors (Lipinski definition) is 1. The molecule has 0 saturated carbocycles. The molecule has 1 saturated heterocycles. The van der Waals surface area contributed by atoms with Crippen molar-refractivity contribution in [2.75, 3.05) is 18.5 Å². The van der Waals surface area contributed by atoms with Crippen LogP contribution in [-0.2, 0) is 14.9 Å². The van der Waals surface area contributed by atoms with E-state index >= 15 is 0 Å². The molecule has 126 valence electrons. The third kappa shape index (κ3) is 2.70. The molecule has 0 radical (unpaired) electrons. The van der Waals surface area contributed by atoms with Crippen molar-refractivity contribution in [1.29, 1.82) is 0 Å². The first-order chi connectivity index (χ1) is 11.5. The predicted molar refractivity (Wildman–Crippen MR) is 94.2 cm³/mol. The third-order valence-corrected chi connectivity index (χ3v) is 4.90. The van der Waals surface area contributed by atoms with E-state index in [0.29, 0.717) is 13.2 Å². The molecular weight excluding hydrogens is 300 g/mol.